The highest BCUT2D eigenvalue weighted by Gasteiger charge is 2.33. The van der Waals surface area contributed by atoms with Crippen LogP contribution in [0.15, 0.2) is 11.5 Å². The molecule has 0 amide bonds. The van der Waals surface area contributed by atoms with Crippen LogP contribution in [0.25, 0.3) is 0 Å². The van der Waals surface area contributed by atoms with Crippen molar-refractivity contribution in [1.82, 2.24) is 0 Å². The smallest absolute Gasteiger partial charge is 0.171 e. The van der Waals surface area contributed by atoms with E-state index in [-0.39, 0.29) is 0 Å². The first-order valence-corrected chi connectivity index (χ1v) is 3.18. The molecule has 0 saturated heterocycles. The first-order chi connectivity index (χ1) is 5.51. The van der Waals surface area contributed by atoms with Gasteiger partial charge in [-0.05, 0) is 0 Å². The molecule has 0 heterocycles. The predicted molar refractivity (Wildman–Crippen MR) is 38.5 cm³/mol. The maximum Gasteiger partial charge on any atom is 0.171 e. The molecule has 0 unspecified atom stereocenters. The maximum absolute atomic E-state index is 9.12. The number of rotatable bonds is 4. The molecule has 6 nitrogen and oxygen atoms in total. The fraction of sp³-hybridized carbons (Fsp3) is 0.667. The second-order valence-electron chi connectivity index (χ2n) is 2.30. The molecule has 0 aromatic carbocycles. The molecule has 0 bridgehead atoms. The minimum absolute atomic E-state index is 0.881. The van der Waals surface area contributed by atoms with Crippen LogP contribution in [0.2, 0.25) is 0 Å². The highest BCUT2D eigenvalue weighted by atomic mass is 16.4. The van der Waals surface area contributed by atoms with Crippen LogP contribution in [-0.2, 0) is 0 Å². The van der Waals surface area contributed by atoms with E-state index in [1.807, 2.05) is 0 Å². The molecule has 0 rings (SSSR count). The van der Waals surface area contributed by atoms with Crippen molar-refractivity contribution in [2.75, 3.05) is 19.8 Å². The van der Waals surface area contributed by atoms with E-state index in [1.165, 1.54) is 0 Å². The summed E-state index contributed by atoms with van der Waals surface area (Å²) < 4.78 is 0. The second kappa shape index (κ2) is 4.27. The fourth-order valence-corrected chi connectivity index (χ4v) is 0.543. The monoisotopic (exact) mass is 180 g/mol. The van der Waals surface area contributed by atoms with Crippen molar-refractivity contribution < 1.29 is 30.6 Å². The molecule has 0 aliphatic heterocycles. The van der Waals surface area contributed by atoms with Crippen molar-refractivity contribution >= 4 is 0 Å². The average Bonchev–Trinajstić information content (AvgIpc) is 2.14. The van der Waals surface area contributed by atoms with Crippen molar-refractivity contribution in [2.24, 2.45) is 0 Å². The van der Waals surface area contributed by atoms with Crippen LogP contribution in [0.1, 0.15) is 0 Å². The van der Waals surface area contributed by atoms with E-state index >= 15 is 0 Å². The summed E-state index contributed by atoms with van der Waals surface area (Å²) in [6.07, 6.45) is 0. The average molecular weight is 180 g/mol. The molecule has 0 saturated carbocycles. The van der Waals surface area contributed by atoms with Gasteiger partial charge in [-0.3, -0.25) is 0 Å². The van der Waals surface area contributed by atoms with Crippen LogP contribution in [0, 0.1) is 0 Å². The van der Waals surface area contributed by atoms with E-state index in [0.717, 1.165) is 0 Å². The Morgan fingerprint density at radius 2 is 1.42 bits per heavy atom. The lowest BCUT2D eigenvalue weighted by molar-refractivity contribution is -0.0571. The van der Waals surface area contributed by atoms with Crippen molar-refractivity contribution in [3.8, 4) is 0 Å². The molecule has 0 spiro atoms. The molecular formula is C6H12O6. The molecule has 12 heavy (non-hydrogen) atoms. The normalized spacial score (nSPS) is 14.3. The summed E-state index contributed by atoms with van der Waals surface area (Å²) in [6, 6.07) is 0. The molecule has 0 atom stereocenters. The third kappa shape index (κ3) is 2.08. The standard InChI is InChI=1S/C6H12O6/c7-1-4(10)5(11)6(12,2-8)3-9/h7-12H,1-3H2. The number of hydrogen-bond donors (Lipinski definition) is 6. The van der Waals surface area contributed by atoms with Crippen molar-refractivity contribution in [3.05, 3.63) is 11.5 Å². The van der Waals surface area contributed by atoms with E-state index in [2.05, 4.69) is 0 Å². The minimum atomic E-state index is -2.30. The summed E-state index contributed by atoms with van der Waals surface area (Å²) in [7, 11) is 0. The fourth-order valence-electron chi connectivity index (χ4n) is 0.543. The van der Waals surface area contributed by atoms with Crippen LogP contribution >= 0.6 is 0 Å². The van der Waals surface area contributed by atoms with Gasteiger partial charge in [-0.15, -0.1) is 0 Å². The van der Waals surface area contributed by atoms with Crippen molar-refractivity contribution in [3.63, 3.8) is 0 Å². The summed E-state index contributed by atoms with van der Waals surface area (Å²) in [6.45, 7) is -2.80. The molecule has 0 fully saturated rings. The van der Waals surface area contributed by atoms with Gasteiger partial charge in [0, 0.05) is 0 Å². The van der Waals surface area contributed by atoms with Gasteiger partial charge in [0.1, 0.15) is 6.61 Å². The van der Waals surface area contributed by atoms with Crippen molar-refractivity contribution in [2.45, 2.75) is 5.60 Å². The van der Waals surface area contributed by atoms with Gasteiger partial charge in [0.25, 0.3) is 0 Å². The lowest BCUT2D eigenvalue weighted by Crippen LogP contribution is -2.40. The zero-order chi connectivity index (χ0) is 9.78. The van der Waals surface area contributed by atoms with Crippen molar-refractivity contribution in [1.29, 1.82) is 0 Å². The summed E-state index contributed by atoms with van der Waals surface area (Å²) in [4.78, 5) is 0. The topological polar surface area (TPSA) is 121 Å². The Labute approximate surface area is 68.6 Å². The Morgan fingerprint density at radius 1 is 1.00 bits per heavy atom. The molecule has 0 aliphatic carbocycles. The molecule has 6 heteroatoms. The largest absolute Gasteiger partial charge is 0.506 e. The van der Waals surface area contributed by atoms with E-state index in [1.54, 1.807) is 0 Å². The van der Waals surface area contributed by atoms with Gasteiger partial charge in [-0.25, -0.2) is 0 Å². The SMILES string of the molecule is OCC(O)=C(O)C(O)(CO)CO. The summed E-state index contributed by atoms with van der Waals surface area (Å²) in [5.74, 6) is -1.92. The highest BCUT2D eigenvalue weighted by Crippen LogP contribution is 2.15. The van der Waals surface area contributed by atoms with E-state index < -0.39 is 36.9 Å². The van der Waals surface area contributed by atoms with E-state index in [4.69, 9.17) is 30.6 Å². The summed E-state index contributed by atoms with van der Waals surface area (Å²) in [5.41, 5.74) is -2.30. The molecule has 0 aromatic rings. The van der Waals surface area contributed by atoms with Gasteiger partial charge >= 0.3 is 0 Å². The highest BCUT2D eigenvalue weighted by molar-refractivity contribution is 5.12. The Bertz CT molecular complexity index is 171. The molecule has 0 aliphatic rings. The lowest BCUT2D eigenvalue weighted by Gasteiger charge is -2.22. The molecule has 72 valence electrons. The van der Waals surface area contributed by atoms with Gasteiger partial charge < -0.3 is 30.6 Å². The van der Waals surface area contributed by atoms with E-state index in [0.29, 0.717) is 0 Å². The Balaban J connectivity index is 4.74. The maximum atomic E-state index is 9.12. The minimum Gasteiger partial charge on any atom is -0.506 e. The van der Waals surface area contributed by atoms with Gasteiger partial charge in [0.2, 0.25) is 0 Å². The predicted octanol–water partition coefficient (Wildman–Crippen LogP) is -1.98. The van der Waals surface area contributed by atoms with Gasteiger partial charge in [-0.2, -0.15) is 0 Å². The molecule has 0 aromatic heterocycles. The first kappa shape index (κ1) is 11.2. The number of aliphatic hydroxyl groups excluding tert-OH is 5. The zero-order valence-electron chi connectivity index (χ0n) is 6.30. The molecular weight excluding hydrogens is 168 g/mol. The first-order valence-electron chi connectivity index (χ1n) is 3.18. The van der Waals surface area contributed by atoms with Crippen LogP contribution in [0.3, 0.4) is 0 Å². The Morgan fingerprint density at radius 3 is 1.67 bits per heavy atom. The summed E-state index contributed by atoms with van der Waals surface area (Å²) in [5, 5.41) is 52.1. The van der Waals surface area contributed by atoms with Gasteiger partial charge in [-0.1, -0.05) is 0 Å². The van der Waals surface area contributed by atoms with Crippen LogP contribution < -0.4 is 0 Å². The Hall–Kier alpha value is -0.820. The Kier molecular flexibility index (Phi) is 3.98. The van der Waals surface area contributed by atoms with Crippen LogP contribution in [0.4, 0.5) is 0 Å². The van der Waals surface area contributed by atoms with Crippen LogP contribution in [-0.4, -0.2) is 56.1 Å². The van der Waals surface area contributed by atoms with Gasteiger partial charge in [0.15, 0.2) is 17.1 Å². The zero-order valence-corrected chi connectivity index (χ0v) is 6.30. The molecule has 6 N–H and O–H groups in total. The lowest BCUT2D eigenvalue weighted by atomic mass is 10.0. The van der Waals surface area contributed by atoms with E-state index in [9.17, 15) is 0 Å². The third-order valence-electron chi connectivity index (χ3n) is 1.39. The summed E-state index contributed by atoms with van der Waals surface area (Å²) >= 11 is 0. The third-order valence-corrected chi connectivity index (χ3v) is 1.39. The van der Waals surface area contributed by atoms with Gasteiger partial charge in [0.05, 0.1) is 13.2 Å². The molecule has 0 radical (unpaired) electrons. The quantitative estimate of drug-likeness (QED) is 0.279. The second-order valence-corrected chi connectivity index (χ2v) is 2.30. The van der Waals surface area contributed by atoms with Crippen LogP contribution in [0.5, 0.6) is 0 Å². The number of aliphatic hydroxyl groups is 6. The number of hydrogen-bond acceptors (Lipinski definition) is 6.